The van der Waals surface area contributed by atoms with Crippen LogP contribution in [0.25, 0.3) is 0 Å². The molecule has 23 heavy (non-hydrogen) atoms. The van der Waals surface area contributed by atoms with E-state index in [9.17, 15) is 4.79 Å². The number of likely N-dealkylation sites (N-methyl/N-ethyl adjacent to an activating group) is 1. The zero-order chi connectivity index (χ0) is 16.7. The van der Waals surface area contributed by atoms with E-state index in [1.807, 2.05) is 43.3 Å². The van der Waals surface area contributed by atoms with Gasteiger partial charge >= 0.3 is 6.03 Å². The third kappa shape index (κ3) is 4.92. The van der Waals surface area contributed by atoms with Gasteiger partial charge in [0.1, 0.15) is 18.1 Å². The van der Waals surface area contributed by atoms with E-state index in [0.29, 0.717) is 24.6 Å². The molecule has 2 aromatic rings. The molecule has 0 radical (unpaired) electrons. The number of benzene rings is 2. The van der Waals surface area contributed by atoms with Crippen molar-refractivity contribution in [2.75, 3.05) is 32.6 Å². The molecule has 5 nitrogen and oxygen atoms in total. The second-order valence-corrected chi connectivity index (χ2v) is 5.21. The van der Waals surface area contributed by atoms with Gasteiger partial charge in [-0.1, -0.05) is 29.8 Å². The SMILES string of the molecule is COc1ccccc1NC(=O)N(C)CCOc1ccc(C)cc1. The first-order valence-corrected chi connectivity index (χ1v) is 7.45. The van der Waals surface area contributed by atoms with Crippen molar-refractivity contribution in [3.8, 4) is 11.5 Å². The number of methoxy groups -OCH3 is 1. The van der Waals surface area contributed by atoms with Crippen molar-refractivity contribution in [3.05, 3.63) is 54.1 Å². The number of carbonyl (C=O) groups is 1. The molecule has 5 heteroatoms. The molecule has 0 aliphatic heterocycles. The van der Waals surface area contributed by atoms with Gasteiger partial charge < -0.3 is 19.7 Å². The third-order valence-corrected chi connectivity index (χ3v) is 3.41. The van der Waals surface area contributed by atoms with E-state index in [4.69, 9.17) is 9.47 Å². The Morgan fingerprint density at radius 2 is 1.83 bits per heavy atom. The van der Waals surface area contributed by atoms with Crippen LogP contribution in [0.2, 0.25) is 0 Å². The zero-order valence-corrected chi connectivity index (χ0v) is 13.7. The fourth-order valence-corrected chi connectivity index (χ4v) is 2.00. The number of para-hydroxylation sites is 2. The van der Waals surface area contributed by atoms with Crippen LogP contribution in [0.1, 0.15) is 5.56 Å². The lowest BCUT2D eigenvalue weighted by atomic mass is 10.2. The summed E-state index contributed by atoms with van der Waals surface area (Å²) in [6.07, 6.45) is 0. The van der Waals surface area contributed by atoms with Crippen molar-refractivity contribution >= 4 is 11.7 Å². The maximum Gasteiger partial charge on any atom is 0.321 e. The Hall–Kier alpha value is -2.69. The monoisotopic (exact) mass is 314 g/mol. The summed E-state index contributed by atoms with van der Waals surface area (Å²) in [4.78, 5) is 13.7. The van der Waals surface area contributed by atoms with Crippen LogP contribution in [0.3, 0.4) is 0 Å². The predicted octanol–water partition coefficient (Wildman–Crippen LogP) is 3.55. The summed E-state index contributed by atoms with van der Waals surface area (Å²) in [7, 11) is 3.30. The lowest BCUT2D eigenvalue weighted by molar-refractivity contribution is 0.207. The molecule has 0 unspecified atom stereocenters. The standard InChI is InChI=1S/C18H22N2O3/c1-14-8-10-15(11-9-14)23-13-12-20(2)18(21)19-16-6-4-5-7-17(16)22-3/h4-11H,12-13H2,1-3H3,(H,19,21). The maximum absolute atomic E-state index is 12.2. The highest BCUT2D eigenvalue weighted by molar-refractivity contribution is 5.90. The number of nitrogens with zero attached hydrogens (tertiary/aromatic N) is 1. The summed E-state index contributed by atoms with van der Waals surface area (Å²) >= 11 is 0. The number of amides is 2. The fourth-order valence-electron chi connectivity index (χ4n) is 2.00. The second-order valence-electron chi connectivity index (χ2n) is 5.21. The molecule has 0 saturated heterocycles. The van der Waals surface area contributed by atoms with Crippen molar-refractivity contribution in [1.82, 2.24) is 4.90 Å². The van der Waals surface area contributed by atoms with E-state index in [-0.39, 0.29) is 6.03 Å². The highest BCUT2D eigenvalue weighted by Gasteiger charge is 2.11. The number of anilines is 1. The quantitative estimate of drug-likeness (QED) is 0.887. The van der Waals surface area contributed by atoms with Crippen LogP contribution in [-0.2, 0) is 0 Å². The van der Waals surface area contributed by atoms with Crippen molar-refractivity contribution in [2.24, 2.45) is 0 Å². The zero-order valence-electron chi connectivity index (χ0n) is 13.7. The van der Waals surface area contributed by atoms with Gasteiger partial charge in [0.2, 0.25) is 0 Å². The summed E-state index contributed by atoms with van der Waals surface area (Å²) in [5.41, 5.74) is 1.83. The van der Waals surface area contributed by atoms with Crippen molar-refractivity contribution < 1.29 is 14.3 Å². The Balaban J connectivity index is 1.81. The summed E-state index contributed by atoms with van der Waals surface area (Å²) in [5.74, 6) is 1.43. The first-order valence-electron chi connectivity index (χ1n) is 7.45. The van der Waals surface area contributed by atoms with Crippen LogP contribution < -0.4 is 14.8 Å². The Morgan fingerprint density at radius 1 is 1.13 bits per heavy atom. The van der Waals surface area contributed by atoms with E-state index in [0.717, 1.165) is 5.75 Å². The van der Waals surface area contributed by atoms with Gasteiger partial charge in [0.05, 0.1) is 19.3 Å². The van der Waals surface area contributed by atoms with E-state index in [1.54, 1.807) is 31.2 Å². The third-order valence-electron chi connectivity index (χ3n) is 3.41. The fraction of sp³-hybridized carbons (Fsp3) is 0.278. The molecule has 0 aliphatic carbocycles. The molecule has 2 amide bonds. The molecular weight excluding hydrogens is 292 g/mol. The Morgan fingerprint density at radius 3 is 2.52 bits per heavy atom. The van der Waals surface area contributed by atoms with E-state index in [1.165, 1.54) is 5.56 Å². The van der Waals surface area contributed by atoms with Gasteiger partial charge in [0, 0.05) is 7.05 Å². The average Bonchev–Trinajstić information content (AvgIpc) is 2.57. The number of hydrogen-bond donors (Lipinski definition) is 1. The molecule has 2 rings (SSSR count). The Bertz CT molecular complexity index is 641. The molecule has 0 bridgehead atoms. The number of urea groups is 1. The summed E-state index contributed by atoms with van der Waals surface area (Å²) in [5, 5.41) is 2.82. The normalized spacial score (nSPS) is 10.0. The van der Waals surface area contributed by atoms with Gasteiger partial charge in [0.15, 0.2) is 0 Å². The lowest BCUT2D eigenvalue weighted by Gasteiger charge is -2.19. The topological polar surface area (TPSA) is 50.8 Å². The molecule has 0 atom stereocenters. The van der Waals surface area contributed by atoms with Crippen molar-refractivity contribution in [1.29, 1.82) is 0 Å². The highest BCUT2D eigenvalue weighted by atomic mass is 16.5. The van der Waals surface area contributed by atoms with Gasteiger partial charge in [-0.2, -0.15) is 0 Å². The minimum absolute atomic E-state index is 0.206. The average molecular weight is 314 g/mol. The second kappa shape index (κ2) is 8.08. The molecule has 0 aliphatic rings. The van der Waals surface area contributed by atoms with Gasteiger partial charge in [0.25, 0.3) is 0 Å². The summed E-state index contributed by atoms with van der Waals surface area (Å²) in [6, 6.07) is 14.9. The lowest BCUT2D eigenvalue weighted by Crippen LogP contribution is -2.34. The first-order chi connectivity index (χ1) is 11.1. The van der Waals surface area contributed by atoms with E-state index in [2.05, 4.69) is 5.32 Å². The number of ether oxygens (including phenoxy) is 2. The van der Waals surface area contributed by atoms with Gasteiger partial charge in [-0.05, 0) is 31.2 Å². The molecule has 0 aromatic heterocycles. The van der Waals surface area contributed by atoms with Crippen LogP contribution in [0.15, 0.2) is 48.5 Å². The van der Waals surface area contributed by atoms with Crippen LogP contribution in [0.5, 0.6) is 11.5 Å². The van der Waals surface area contributed by atoms with E-state index >= 15 is 0 Å². The molecule has 0 spiro atoms. The molecule has 2 aromatic carbocycles. The molecule has 0 fully saturated rings. The highest BCUT2D eigenvalue weighted by Crippen LogP contribution is 2.23. The van der Waals surface area contributed by atoms with Crippen LogP contribution in [0.4, 0.5) is 10.5 Å². The first kappa shape index (κ1) is 16.7. The van der Waals surface area contributed by atoms with Crippen molar-refractivity contribution in [2.45, 2.75) is 6.92 Å². The minimum Gasteiger partial charge on any atom is -0.495 e. The summed E-state index contributed by atoms with van der Waals surface area (Å²) in [6.45, 7) is 2.94. The molecule has 1 N–H and O–H groups in total. The van der Waals surface area contributed by atoms with E-state index < -0.39 is 0 Å². The number of carbonyl (C=O) groups excluding carboxylic acids is 1. The van der Waals surface area contributed by atoms with Gasteiger partial charge in [-0.25, -0.2) is 4.79 Å². The maximum atomic E-state index is 12.2. The molecule has 0 saturated carbocycles. The molecule has 122 valence electrons. The number of nitrogens with one attached hydrogen (secondary N) is 1. The van der Waals surface area contributed by atoms with Crippen LogP contribution in [-0.4, -0.2) is 38.2 Å². The minimum atomic E-state index is -0.206. The number of rotatable bonds is 6. The predicted molar refractivity (Wildman–Crippen MR) is 91.3 cm³/mol. The number of hydrogen-bond acceptors (Lipinski definition) is 3. The smallest absolute Gasteiger partial charge is 0.321 e. The number of aryl methyl sites for hydroxylation is 1. The van der Waals surface area contributed by atoms with Crippen LogP contribution >= 0.6 is 0 Å². The Kier molecular flexibility index (Phi) is 5.86. The Labute approximate surface area is 136 Å². The summed E-state index contributed by atoms with van der Waals surface area (Å²) < 4.78 is 10.8. The largest absolute Gasteiger partial charge is 0.495 e. The van der Waals surface area contributed by atoms with Gasteiger partial charge in [-0.15, -0.1) is 0 Å². The van der Waals surface area contributed by atoms with Crippen LogP contribution in [0, 0.1) is 6.92 Å². The molecule has 0 heterocycles. The molecular formula is C18H22N2O3. The van der Waals surface area contributed by atoms with Crippen molar-refractivity contribution in [3.63, 3.8) is 0 Å². The van der Waals surface area contributed by atoms with Gasteiger partial charge in [-0.3, -0.25) is 0 Å².